The van der Waals surface area contributed by atoms with E-state index < -0.39 is 5.97 Å². The minimum absolute atomic E-state index is 0.0148. The number of rotatable bonds is 4. The summed E-state index contributed by atoms with van der Waals surface area (Å²) in [5.41, 5.74) is 2.74. The average molecular weight is 449 g/mol. The maximum Gasteiger partial charge on any atom is 0.335 e. The van der Waals surface area contributed by atoms with Gasteiger partial charge >= 0.3 is 12.0 Å². The van der Waals surface area contributed by atoms with Gasteiger partial charge in [0, 0.05) is 32.9 Å². The number of carbonyl (C=O) groups is 2. The number of aromatic carboxylic acids is 1. The lowest BCUT2D eigenvalue weighted by molar-refractivity contribution is 0.0696. The lowest BCUT2D eigenvalue weighted by Crippen LogP contribution is -2.55. The predicted octanol–water partition coefficient (Wildman–Crippen LogP) is 3.26. The van der Waals surface area contributed by atoms with Gasteiger partial charge in [-0.2, -0.15) is 0 Å². The molecule has 9 nitrogen and oxygen atoms in total. The lowest BCUT2D eigenvalue weighted by atomic mass is 9.97. The molecule has 2 aliphatic heterocycles. The van der Waals surface area contributed by atoms with Gasteiger partial charge in [-0.3, -0.25) is 0 Å². The fraction of sp³-hybridized carbons (Fsp3) is 0.417. The first-order chi connectivity index (χ1) is 15.9. The number of amides is 2. The Morgan fingerprint density at radius 3 is 2.82 bits per heavy atom. The number of nitrogens with one attached hydrogen (secondary N) is 1. The van der Waals surface area contributed by atoms with Gasteiger partial charge in [0.05, 0.1) is 23.0 Å². The largest absolute Gasteiger partial charge is 0.478 e. The standard InChI is InChI=1S/C24H28N6O3/c1-15-12-16(5-6-17(15)23(31)32)13-28(2)24(33)30-10-3-4-19-20(30)8-11-29(19)22-18-7-9-25-21(18)26-14-27-22/h5-7,9,12,14,19-20H,3-4,8,10-11,13H2,1-2H3,(H,31,32)(H,25,26,27)/t19-,20-/m1/s1. The van der Waals surface area contributed by atoms with Gasteiger partial charge in [-0.05, 0) is 49.4 Å². The predicted molar refractivity (Wildman–Crippen MR) is 124 cm³/mol. The summed E-state index contributed by atoms with van der Waals surface area (Å²) in [6.07, 6.45) is 6.37. The highest BCUT2D eigenvalue weighted by molar-refractivity contribution is 5.89. The van der Waals surface area contributed by atoms with Crippen molar-refractivity contribution in [1.82, 2.24) is 24.8 Å². The molecule has 3 aromatic rings. The number of carboxylic acids is 1. The van der Waals surface area contributed by atoms with Gasteiger partial charge in [0.2, 0.25) is 0 Å². The van der Waals surface area contributed by atoms with E-state index in [-0.39, 0.29) is 18.1 Å². The van der Waals surface area contributed by atoms with Crippen molar-refractivity contribution in [2.45, 2.75) is 44.8 Å². The van der Waals surface area contributed by atoms with E-state index in [0.717, 1.165) is 54.8 Å². The molecular weight excluding hydrogens is 420 g/mol. The molecule has 2 saturated heterocycles. The van der Waals surface area contributed by atoms with E-state index in [9.17, 15) is 14.7 Å². The molecular formula is C24H28N6O3. The molecule has 2 N–H and O–H groups in total. The Kier molecular flexibility index (Phi) is 5.39. The number of nitrogens with zero attached hydrogens (tertiary/aromatic N) is 5. The van der Waals surface area contributed by atoms with Gasteiger partial charge in [-0.15, -0.1) is 0 Å². The molecule has 2 atom stereocenters. The lowest BCUT2D eigenvalue weighted by Gasteiger charge is -2.41. The van der Waals surface area contributed by atoms with Gasteiger partial charge in [0.25, 0.3) is 0 Å². The number of likely N-dealkylation sites (tertiary alicyclic amines) is 1. The van der Waals surface area contributed by atoms with Crippen LogP contribution in [0.5, 0.6) is 0 Å². The van der Waals surface area contributed by atoms with Crippen LogP contribution in [0.15, 0.2) is 36.8 Å². The van der Waals surface area contributed by atoms with Gasteiger partial charge < -0.3 is 24.8 Å². The molecule has 2 aromatic heterocycles. The molecule has 0 unspecified atom stereocenters. The molecule has 0 radical (unpaired) electrons. The highest BCUT2D eigenvalue weighted by atomic mass is 16.4. The fourth-order valence-electron chi connectivity index (χ4n) is 5.40. The number of carbonyl (C=O) groups excluding carboxylic acids is 1. The van der Waals surface area contributed by atoms with Crippen LogP contribution in [0.25, 0.3) is 11.0 Å². The number of fused-ring (bicyclic) bond motifs is 2. The van der Waals surface area contributed by atoms with Gasteiger partial charge in [0.1, 0.15) is 17.8 Å². The average Bonchev–Trinajstić information content (AvgIpc) is 3.45. The zero-order valence-electron chi connectivity index (χ0n) is 18.9. The Morgan fingerprint density at radius 1 is 1.18 bits per heavy atom. The SMILES string of the molecule is Cc1cc(CN(C)C(=O)N2CCC[C@@H]3[C@H]2CCN3c2ncnc3[nH]ccc23)ccc1C(=O)O. The minimum atomic E-state index is -0.936. The van der Waals surface area contributed by atoms with E-state index in [1.807, 2.05) is 30.3 Å². The van der Waals surface area contributed by atoms with E-state index in [4.69, 9.17) is 0 Å². The second kappa shape index (κ2) is 8.38. The maximum absolute atomic E-state index is 13.4. The Balaban J connectivity index is 1.32. The molecule has 2 aliphatic rings. The van der Waals surface area contributed by atoms with Gasteiger partial charge in [-0.25, -0.2) is 19.6 Å². The van der Waals surface area contributed by atoms with Crippen LogP contribution in [-0.4, -0.2) is 74.1 Å². The maximum atomic E-state index is 13.4. The Labute approximate surface area is 192 Å². The molecule has 0 spiro atoms. The Hall–Kier alpha value is -3.62. The summed E-state index contributed by atoms with van der Waals surface area (Å²) >= 11 is 0. The van der Waals surface area contributed by atoms with E-state index in [1.54, 1.807) is 30.3 Å². The summed E-state index contributed by atoms with van der Waals surface area (Å²) in [4.78, 5) is 42.8. The molecule has 4 heterocycles. The third kappa shape index (κ3) is 3.77. The van der Waals surface area contributed by atoms with E-state index in [0.29, 0.717) is 17.7 Å². The second-order valence-electron chi connectivity index (χ2n) is 8.98. The molecule has 2 fully saturated rings. The van der Waals surface area contributed by atoms with Crippen molar-refractivity contribution in [3.05, 3.63) is 53.5 Å². The van der Waals surface area contributed by atoms with E-state index in [1.165, 1.54) is 0 Å². The number of piperidine rings is 1. The normalized spacial score (nSPS) is 20.2. The first-order valence-corrected chi connectivity index (χ1v) is 11.3. The topological polar surface area (TPSA) is 106 Å². The number of hydrogen-bond acceptors (Lipinski definition) is 5. The van der Waals surface area contributed by atoms with E-state index >= 15 is 0 Å². The van der Waals surface area contributed by atoms with Crippen LogP contribution in [0.4, 0.5) is 10.6 Å². The number of aromatic amines is 1. The van der Waals surface area contributed by atoms with Crippen molar-refractivity contribution in [1.29, 1.82) is 0 Å². The first-order valence-electron chi connectivity index (χ1n) is 11.3. The van der Waals surface area contributed by atoms with Crippen LogP contribution in [0.1, 0.15) is 40.7 Å². The van der Waals surface area contributed by atoms with Crippen molar-refractivity contribution in [3.8, 4) is 0 Å². The first kappa shape index (κ1) is 21.2. The number of carboxylic acid groups (broad SMARTS) is 1. The smallest absolute Gasteiger partial charge is 0.335 e. The molecule has 0 aliphatic carbocycles. The number of hydrogen-bond donors (Lipinski definition) is 2. The number of H-pyrrole nitrogens is 1. The summed E-state index contributed by atoms with van der Waals surface area (Å²) in [5.74, 6) is -0.000344. The second-order valence-corrected chi connectivity index (χ2v) is 8.98. The van der Waals surface area contributed by atoms with Gasteiger partial charge in [0.15, 0.2) is 0 Å². The quantitative estimate of drug-likeness (QED) is 0.635. The van der Waals surface area contributed by atoms with Crippen molar-refractivity contribution >= 4 is 28.9 Å². The fourth-order valence-corrected chi connectivity index (χ4v) is 5.40. The number of aryl methyl sites for hydroxylation is 1. The molecule has 1 aromatic carbocycles. The Bertz CT molecular complexity index is 1210. The molecule has 2 amide bonds. The summed E-state index contributed by atoms with van der Waals surface area (Å²) in [6.45, 7) is 3.83. The van der Waals surface area contributed by atoms with Gasteiger partial charge in [-0.1, -0.05) is 12.1 Å². The number of aromatic nitrogens is 3. The monoisotopic (exact) mass is 448 g/mol. The number of urea groups is 1. The summed E-state index contributed by atoms with van der Waals surface area (Å²) in [5, 5.41) is 10.3. The van der Waals surface area contributed by atoms with Crippen molar-refractivity contribution in [2.24, 2.45) is 0 Å². The third-order valence-electron chi connectivity index (χ3n) is 6.93. The molecule has 33 heavy (non-hydrogen) atoms. The van der Waals surface area contributed by atoms with Crippen LogP contribution in [0.2, 0.25) is 0 Å². The van der Waals surface area contributed by atoms with Crippen LogP contribution >= 0.6 is 0 Å². The molecule has 9 heteroatoms. The van der Waals surface area contributed by atoms with Crippen molar-refractivity contribution in [2.75, 3.05) is 25.0 Å². The zero-order chi connectivity index (χ0) is 23.1. The molecule has 0 saturated carbocycles. The van der Waals surface area contributed by atoms with Crippen molar-refractivity contribution < 1.29 is 14.7 Å². The molecule has 5 rings (SSSR count). The van der Waals surface area contributed by atoms with Crippen LogP contribution in [-0.2, 0) is 6.54 Å². The molecule has 0 bridgehead atoms. The third-order valence-corrected chi connectivity index (χ3v) is 6.93. The van der Waals surface area contributed by atoms with Crippen LogP contribution in [0.3, 0.4) is 0 Å². The van der Waals surface area contributed by atoms with Crippen LogP contribution in [0, 0.1) is 6.92 Å². The van der Waals surface area contributed by atoms with Crippen LogP contribution < -0.4 is 4.90 Å². The summed E-state index contributed by atoms with van der Waals surface area (Å²) in [6, 6.07) is 7.65. The zero-order valence-corrected chi connectivity index (χ0v) is 18.9. The summed E-state index contributed by atoms with van der Waals surface area (Å²) in [7, 11) is 1.81. The Morgan fingerprint density at radius 2 is 2.03 bits per heavy atom. The number of anilines is 1. The highest BCUT2D eigenvalue weighted by Gasteiger charge is 2.43. The minimum Gasteiger partial charge on any atom is -0.478 e. The van der Waals surface area contributed by atoms with Crippen molar-refractivity contribution in [3.63, 3.8) is 0 Å². The number of benzene rings is 1. The van der Waals surface area contributed by atoms with E-state index in [2.05, 4.69) is 19.9 Å². The summed E-state index contributed by atoms with van der Waals surface area (Å²) < 4.78 is 0. The highest BCUT2D eigenvalue weighted by Crippen LogP contribution is 2.36. The molecule has 172 valence electrons.